The third-order valence-electron chi connectivity index (χ3n) is 3.13. The smallest absolute Gasteiger partial charge is 0.338 e. The molecule has 2 rings (SSSR count). The highest BCUT2D eigenvalue weighted by atomic mass is 35.5. The van der Waals surface area contributed by atoms with E-state index in [1.165, 1.54) is 7.11 Å². The van der Waals surface area contributed by atoms with Crippen molar-refractivity contribution in [1.82, 2.24) is 0 Å². The standard InChI is InChI=1S/C15H16ClNO2S/c1-9-11(15(18)19-3)5-4-6-12(9)17-10(2)13-7-8-14(16)20-13/h4-8,10,17H,1-3H3. The number of carbonyl (C=O) groups excluding carboxylic acids is 1. The molecular weight excluding hydrogens is 294 g/mol. The number of thiophene rings is 1. The van der Waals surface area contributed by atoms with Gasteiger partial charge in [-0.2, -0.15) is 0 Å². The summed E-state index contributed by atoms with van der Waals surface area (Å²) in [5.41, 5.74) is 2.38. The van der Waals surface area contributed by atoms with Gasteiger partial charge in [0.2, 0.25) is 0 Å². The van der Waals surface area contributed by atoms with Gasteiger partial charge in [-0.3, -0.25) is 0 Å². The maximum Gasteiger partial charge on any atom is 0.338 e. The topological polar surface area (TPSA) is 38.3 Å². The number of carbonyl (C=O) groups is 1. The minimum Gasteiger partial charge on any atom is -0.465 e. The van der Waals surface area contributed by atoms with Gasteiger partial charge in [-0.05, 0) is 43.7 Å². The average Bonchev–Trinajstić information content (AvgIpc) is 2.87. The molecule has 1 unspecified atom stereocenters. The Morgan fingerprint density at radius 2 is 2.10 bits per heavy atom. The van der Waals surface area contributed by atoms with Gasteiger partial charge in [0.15, 0.2) is 0 Å². The molecule has 0 amide bonds. The van der Waals surface area contributed by atoms with Gasteiger partial charge < -0.3 is 10.1 Å². The Morgan fingerprint density at radius 3 is 2.70 bits per heavy atom. The molecule has 0 aliphatic heterocycles. The van der Waals surface area contributed by atoms with E-state index in [-0.39, 0.29) is 12.0 Å². The van der Waals surface area contributed by atoms with Gasteiger partial charge in [-0.15, -0.1) is 11.3 Å². The zero-order valence-corrected chi connectivity index (χ0v) is 13.1. The van der Waals surface area contributed by atoms with Crippen LogP contribution in [0.5, 0.6) is 0 Å². The van der Waals surface area contributed by atoms with Gasteiger partial charge in [-0.25, -0.2) is 4.79 Å². The zero-order chi connectivity index (χ0) is 14.7. The zero-order valence-electron chi connectivity index (χ0n) is 11.6. The molecule has 2 aromatic rings. The van der Waals surface area contributed by atoms with E-state index in [9.17, 15) is 4.79 Å². The van der Waals surface area contributed by atoms with Crippen LogP contribution in [-0.4, -0.2) is 13.1 Å². The molecule has 0 bridgehead atoms. The molecule has 0 saturated carbocycles. The molecule has 0 aliphatic carbocycles. The number of halogens is 1. The Morgan fingerprint density at radius 1 is 1.35 bits per heavy atom. The summed E-state index contributed by atoms with van der Waals surface area (Å²) in [6.07, 6.45) is 0. The lowest BCUT2D eigenvalue weighted by Gasteiger charge is -2.17. The summed E-state index contributed by atoms with van der Waals surface area (Å²) in [7, 11) is 1.39. The molecule has 1 N–H and O–H groups in total. The minimum absolute atomic E-state index is 0.124. The summed E-state index contributed by atoms with van der Waals surface area (Å²) in [5.74, 6) is -0.321. The third-order valence-corrected chi connectivity index (χ3v) is 4.55. The average molecular weight is 310 g/mol. The van der Waals surface area contributed by atoms with E-state index in [2.05, 4.69) is 12.2 Å². The minimum atomic E-state index is -0.321. The number of nitrogens with one attached hydrogen (secondary N) is 1. The van der Waals surface area contributed by atoms with Crippen LogP contribution in [0.3, 0.4) is 0 Å². The Kier molecular flexibility index (Phi) is 4.68. The molecule has 20 heavy (non-hydrogen) atoms. The van der Waals surface area contributed by atoms with E-state index in [1.54, 1.807) is 17.4 Å². The summed E-state index contributed by atoms with van der Waals surface area (Å²) in [6.45, 7) is 3.97. The fourth-order valence-corrected chi connectivity index (χ4v) is 3.05. The van der Waals surface area contributed by atoms with Crippen molar-refractivity contribution in [2.45, 2.75) is 19.9 Å². The lowest BCUT2D eigenvalue weighted by molar-refractivity contribution is 0.0600. The second-order valence-corrected chi connectivity index (χ2v) is 6.22. The highest BCUT2D eigenvalue weighted by molar-refractivity contribution is 7.16. The SMILES string of the molecule is COC(=O)c1cccc(NC(C)c2ccc(Cl)s2)c1C. The molecular formula is C15H16ClNO2S. The fourth-order valence-electron chi connectivity index (χ4n) is 1.99. The summed E-state index contributed by atoms with van der Waals surface area (Å²) < 4.78 is 5.55. The normalized spacial score (nSPS) is 12.0. The number of methoxy groups -OCH3 is 1. The summed E-state index contributed by atoms with van der Waals surface area (Å²) in [4.78, 5) is 12.8. The van der Waals surface area contributed by atoms with E-state index in [0.29, 0.717) is 5.56 Å². The molecule has 1 atom stereocenters. The number of benzene rings is 1. The van der Waals surface area contributed by atoms with Gasteiger partial charge in [0, 0.05) is 10.6 Å². The van der Waals surface area contributed by atoms with Crippen molar-refractivity contribution in [1.29, 1.82) is 0 Å². The van der Waals surface area contributed by atoms with Gasteiger partial charge >= 0.3 is 5.97 Å². The van der Waals surface area contributed by atoms with Crippen LogP contribution in [-0.2, 0) is 4.74 Å². The lowest BCUT2D eigenvalue weighted by Crippen LogP contribution is -2.09. The van der Waals surface area contributed by atoms with Crippen LogP contribution in [0.4, 0.5) is 5.69 Å². The number of rotatable bonds is 4. The van der Waals surface area contributed by atoms with Crippen molar-refractivity contribution in [3.63, 3.8) is 0 Å². The van der Waals surface area contributed by atoms with Crippen molar-refractivity contribution < 1.29 is 9.53 Å². The van der Waals surface area contributed by atoms with E-state index in [0.717, 1.165) is 20.5 Å². The number of anilines is 1. The highest BCUT2D eigenvalue weighted by Crippen LogP contribution is 2.30. The number of hydrogen-bond donors (Lipinski definition) is 1. The molecule has 5 heteroatoms. The molecule has 106 valence electrons. The first-order valence-electron chi connectivity index (χ1n) is 6.22. The quantitative estimate of drug-likeness (QED) is 0.834. The molecule has 0 spiro atoms. The third kappa shape index (κ3) is 3.14. The monoisotopic (exact) mass is 309 g/mol. The molecule has 0 aliphatic rings. The van der Waals surface area contributed by atoms with E-state index in [1.807, 2.05) is 31.2 Å². The van der Waals surface area contributed by atoms with E-state index in [4.69, 9.17) is 16.3 Å². The number of esters is 1. The van der Waals surface area contributed by atoms with Crippen molar-refractivity contribution in [3.05, 3.63) is 50.7 Å². The van der Waals surface area contributed by atoms with Crippen LogP contribution in [0, 0.1) is 6.92 Å². The Balaban J connectivity index is 2.23. The predicted octanol–water partition coefficient (Wildman–Crippen LogP) is 4.67. The molecule has 3 nitrogen and oxygen atoms in total. The fraction of sp³-hybridized carbons (Fsp3) is 0.267. The van der Waals surface area contributed by atoms with Crippen LogP contribution in [0.15, 0.2) is 30.3 Å². The molecule has 1 aromatic heterocycles. The van der Waals surface area contributed by atoms with E-state index < -0.39 is 0 Å². The maximum atomic E-state index is 11.7. The van der Waals surface area contributed by atoms with Crippen LogP contribution in [0.1, 0.15) is 33.8 Å². The largest absolute Gasteiger partial charge is 0.465 e. The Bertz CT molecular complexity index is 624. The van der Waals surface area contributed by atoms with Crippen molar-refractivity contribution in [2.24, 2.45) is 0 Å². The summed E-state index contributed by atoms with van der Waals surface area (Å²) in [6, 6.07) is 9.57. The highest BCUT2D eigenvalue weighted by Gasteiger charge is 2.14. The molecule has 0 fully saturated rings. The second-order valence-electron chi connectivity index (χ2n) is 4.48. The maximum absolute atomic E-state index is 11.7. The van der Waals surface area contributed by atoms with Crippen LogP contribution in [0.2, 0.25) is 4.34 Å². The lowest BCUT2D eigenvalue weighted by atomic mass is 10.1. The van der Waals surface area contributed by atoms with Crippen molar-refractivity contribution >= 4 is 34.6 Å². The Labute approximate surface area is 127 Å². The second kappa shape index (κ2) is 6.29. The molecule has 0 radical (unpaired) electrons. The molecule has 0 saturated heterocycles. The number of ether oxygens (including phenoxy) is 1. The first-order valence-corrected chi connectivity index (χ1v) is 7.42. The van der Waals surface area contributed by atoms with Crippen LogP contribution in [0.25, 0.3) is 0 Å². The predicted molar refractivity (Wildman–Crippen MR) is 83.9 cm³/mol. The van der Waals surface area contributed by atoms with Crippen LogP contribution < -0.4 is 5.32 Å². The van der Waals surface area contributed by atoms with Gasteiger partial charge in [0.25, 0.3) is 0 Å². The summed E-state index contributed by atoms with van der Waals surface area (Å²) in [5, 5.41) is 3.40. The van der Waals surface area contributed by atoms with Gasteiger partial charge in [0.05, 0.1) is 23.1 Å². The molecule has 1 aromatic carbocycles. The molecule has 1 heterocycles. The van der Waals surface area contributed by atoms with Crippen molar-refractivity contribution in [2.75, 3.05) is 12.4 Å². The van der Waals surface area contributed by atoms with Crippen molar-refractivity contribution in [3.8, 4) is 0 Å². The first-order chi connectivity index (χ1) is 9.52. The first kappa shape index (κ1) is 14.9. The van der Waals surface area contributed by atoms with Gasteiger partial charge in [-0.1, -0.05) is 17.7 Å². The van der Waals surface area contributed by atoms with E-state index >= 15 is 0 Å². The Hall–Kier alpha value is -1.52. The number of hydrogen-bond acceptors (Lipinski definition) is 4. The summed E-state index contributed by atoms with van der Waals surface area (Å²) >= 11 is 7.50. The van der Waals surface area contributed by atoms with Crippen LogP contribution >= 0.6 is 22.9 Å². The van der Waals surface area contributed by atoms with Gasteiger partial charge in [0.1, 0.15) is 0 Å².